The SMILES string of the molecule is COc1ccc2c(c1)N(C(=O)Cc1ccc(OC)c(OC)c1)CCC2=O. The van der Waals surface area contributed by atoms with Crippen molar-refractivity contribution in [3.63, 3.8) is 0 Å². The van der Waals surface area contributed by atoms with Crippen molar-refractivity contribution in [3.8, 4) is 17.2 Å². The van der Waals surface area contributed by atoms with Gasteiger partial charge in [0.1, 0.15) is 5.75 Å². The zero-order valence-corrected chi connectivity index (χ0v) is 15.1. The highest BCUT2D eigenvalue weighted by Crippen LogP contribution is 2.32. The molecule has 0 unspecified atom stereocenters. The first-order valence-corrected chi connectivity index (χ1v) is 8.30. The van der Waals surface area contributed by atoms with E-state index in [9.17, 15) is 9.59 Å². The van der Waals surface area contributed by atoms with Crippen LogP contribution < -0.4 is 19.1 Å². The number of Topliss-reactive ketones (excluding diaryl/α,β-unsaturated/α-hetero) is 1. The number of ether oxygens (including phenoxy) is 3. The molecule has 6 heteroatoms. The molecule has 6 nitrogen and oxygen atoms in total. The Morgan fingerprint density at radius 2 is 1.77 bits per heavy atom. The summed E-state index contributed by atoms with van der Waals surface area (Å²) in [5.41, 5.74) is 1.97. The van der Waals surface area contributed by atoms with E-state index in [0.29, 0.717) is 41.5 Å². The van der Waals surface area contributed by atoms with Crippen LogP contribution in [0.5, 0.6) is 17.2 Å². The minimum atomic E-state index is -0.0841. The first-order chi connectivity index (χ1) is 12.6. The fourth-order valence-electron chi connectivity index (χ4n) is 3.09. The number of nitrogens with zero attached hydrogens (tertiary/aromatic N) is 1. The van der Waals surface area contributed by atoms with Gasteiger partial charge in [-0.05, 0) is 29.8 Å². The van der Waals surface area contributed by atoms with Gasteiger partial charge in [-0.25, -0.2) is 0 Å². The molecule has 0 fully saturated rings. The lowest BCUT2D eigenvalue weighted by Crippen LogP contribution is -2.38. The van der Waals surface area contributed by atoms with E-state index in [-0.39, 0.29) is 18.1 Å². The second-order valence-corrected chi connectivity index (χ2v) is 5.97. The van der Waals surface area contributed by atoms with Crippen LogP contribution in [0, 0.1) is 0 Å². The fraction of sp³-hybridized carbons (Fsp3) is 0.300. The van der Waals surface area contributed by atoms with Crippen molar-refractivity contribution in [1.82, 2.24) is 0 Å². The molecule has 2 aromatic carbocycles. The summed E-state index contributed by atoms with van der Waals surface area (Å²) < 4.78 is 15.8. The molecule has 1 aliphatic rings. The van der Waals surface area contributed by atoms with Crippen molar-refractivity contribution in [2.75, 3.05) is 32.8 Å². The highest BCUT2D eigenvalue weighted by molar-refractivity contribution is 6.09. The molecule has 1 aliphatic heterocycles. The van der Waals surface area contributed by atoms with Crippen molar-refractivity contribution in [1.29, 1.82) is 0 Å². The maximum absolute atomic E-state index is 12.9. The minimum absolute atomic E-state index is 0.0396. The van der Waals surface area contributed by atoms with E-state index in [1.54, 1.807) is 56.6 Å². The van der Waals surface area contributed by atoms with Gasteiger partial charge in [0.2, 0.25) is 5.91 Å². The van der Waals surface area contributed by atoms with Crippen LogP contribution in [0.4, 0.5) is 5.69 Å². The molecule has 0 bridgehead atoms. The third-order valence-corrected chi connectivity index (χ3v) is 4.46. The third-order valence-electron chi connectivity index (χ3n) is 4.46. The number of rotatable bonds is 5. The molecule has 0 aromatic heterocycles. The Hall–Kier alpha value is -3.02. The van der Waals surface area contributed by atoms with E-state index >= 15 is 0 Å². The van der Waals surface area contributed by atoms with Crippen molar-refractivity contribution >= 4 is 17.4 Å². The predicted molar refractivity (Wildman–Crippen MR) is 97.5 cm³/mol. The Morgan fingerprint density at radius 1 is 1.00 bits per heavy atom. The molecule has 0 saturated carbocycles. The molecule has 2 aromatic rings. The largest absolute Gasteiger partial charge is 0.497 e. The van der Waals surface area contributed by atoms with Gasteiger partial charge in [0.05, 0.1) is 33.4 Å². The number of amides is 1. The van der Waals surface area contributed by atoms with Crippen LogP contribution in [0.25, 0.3) is 0 Å². The Kier molecular flexibility index (Phi) is 5.11. The van der Waals surface area contributed by atoms with Crippen LogP contribution >= 0.6 is 0 Å². The standard InChI is InChI=1S/C20H21NO5/c1-24-14-5-6-15-16(12-14)21(9-8-17(15)22)20(23)11-13-4-7-18(25-2)19(10-13)26-3/h4-7,10,12H,8-9,11H2,1-3H3. The average molecular weight is 355 g/mol. The number of fused-ring (bicyclic) bond motifs is 1. The Morgan fingerprint density at radius 3 is 2.46 bits per heavy atom. The van der Waals surface area contributed by atoms with Gasteiger partial charge in [-0.3, -0.25) is 9.59 Å². The zero-order chi connectivity index (χ0) is 18.7. The average Bonchev–Trinajstić information content (AvgIpc) is 2.67. The van der Waals surface area contributed by atoms with E-state index in [1.165, 1.54) is 0 Å². The van der Waals surface area contributed by atoms with Crippen LogP contribution in [-0.4, -0.2) is 39.6 Å². The van der Waals surface area contributed by atoms with E-state index < -0.39 is 0 Å². The monoisotopic (exact) mass is 355 g/mol. The first-order valence-electron chi connectivity index (χ1n) is 8.30. The van der Waals surface area contributed by atoms with Crippen molar-refractivity contribution < 1.29 is 23.8 Å². The Labute approximate surface area is 152 Å². The van der Waals surface area contributed by atoms with Gasteiger partial charge < -0.3 is 19.1 Å². The van der Waals surface area contributed by atoms with Crippen molar-refractivity contribution in [2.45, 2.75) is 12.8 Å². The number of benzene rings is 2. The summed E-state index contributed by atoms with van der Waals surface area (Å²) >= 11 is 0. The lowest BCUT2D eigenvalue weighted by atomic mass is 9.99. The number of ketones is 1. The number of methoxy groups -OCH3 is 3. The summed E-state index contributed by atoms with van der Waals surface area (Å²) in [6.45, 7) is 0.366. The van der Waals surface area contributed by atoms with Gasteiger partial charge in [0, 0.05) is 24.6 Å². The zero-order valence-electron chi connectivity index (χ0n) is 15.1. The van der Waals surface area contributed by atoms with Crippen LogP contribution in [0.3, 0.4) is 0 Å². The maximum atomic E-state index is 12.9. The summed E-state index contributed by atoms with van der Waals surface area (Å²) in [5.74, 6) is 1.76. The van der Waals surface area contributed by atoms with Gasteiger partial charge in [0.15, 0.2) is 17.3 Å². The van der Waals surface area contributed by atoms with Gasteiger partial charge in [0.25, 0.3) is 0 Å². The van der Waals surface area contributed by atoms with E-state index in [2.05, 4.69) is 0 Å². The molecule has 3 rings (SSSR count). The summed E-state index contributed by atoms with van der Waals surface area (Å²) in [4.78, 5) is 26.7. The number of anilines is 1. The molecule has 0 saturated heterocycles. The summed E-state index contributed by atoms with van der Waals surface area (Å²) in [7, 11) is 4.68. The lowest BCUT2D eigenvalue weighted by molar-refractivity contribution is -0.118. The van der Waals surface area contributed by atoms with Crippen molar-refractivity contribution in [2.24, 2.45) is 0 Å². The minimum Gasteiger partial charge on any atom is -0.497 e. The van der Waals surface area contributed by atoms with Crippen LogP contribution in [0.1, 0.15) is 22.3 Å². The van der Waals surface area contributed by atoms with Crippen LogP contribution in [0.15, 0.2) is 36.4 Å². The van der Waals surface area contributed by atoms with Crippen molar-refractivity contribution in [3.05, 3.63) is 47.5 Å². The van der Waals surface area contributed by atoms with Gasteiger partial charge >= 0.3 is 0 Å². The number of carbonyl (C=O) groups is 2. The topological polar surface area (TPSA) is 65.1 Å². The fourth-order valence-corrected chi connectivity index (χ4v) is 3.09. The summed E-state index contributed by atoms with van der Waals surface area (Å²) in [5, 5.41) is 0. The van der Waals surface area contributed by atoms with Gasteiger partial charge in [-0.2, -0.15) is 0 Å². The van der Waals surface area contributed by atoms with Gasteiger partial charge in [-0.15, -0.1) is 0 Å². The molecule has 26 heavy (non-hydrogen) atoms. The molecule has 136 valence electrons. The molecule has 0 spiro atoms. The Balaban J connectivity index is 1.87. The third kappa shape index (κ3) is 3.35. The van der Waals surface area contributed by atoms with E-state index in [0.717, 1.165) is 5.56 Å². The smallest absolute Gasteiger partial charge is 0.231 e. The predicted octanol–water partition coefficient (Wildman–Crippen LogP) is 2.87. The van der Waals surface area contributed by atoms with Crippen LogP contribution in [-0.2, 0) is 11.2 Å². The van der Waals surface area contributed by atoms with Crippen LogP contribution in [0.2, 0.25) is 0 Å². The lowest BCUT2D eigenvalue weighted by Gasteiger charge is -2.29. The highest BCUT2D eigenvalue weighted by atomic mass is 16.5. The first kappa shape index (κ1) is 17.8. The number of carbonyl (C=O) groups excluding carboxylic acids is 2. The molecule has 1 amide bonds. The normalized spacial score (nSPS) is 13.2. The highest BCUT2D eigenvalue weighted by Gasteiger charge is 2.27. The second kappa shape index (κ2) is 7.47. The summed E-state index contributed by atoms with van der Waals surface area (Å²) in [6, 6.07) is 10.6. The number of hydrogen-bond acceptors (Lipinski definition) is 5. The second-order valence-electron chi connectivity index (χ2n) is 5.97. The molecule has 0 N–H and O–H groups in total. The molecular weight excluding hydrogens is 334 g/mol. The summed E-state index contributed by atoms with van der Waals surface area (Å²) in [6.07, 6.45) is 0.516. The molecule has 0 aliphatic carbocycles. The van der Waals surface area contributed by atoms with E-state index in [4.69, 9.17) is 14.2 Å². The Bertz CT molecular complexity index is 846. The van der Waals surface area contributed by atoms with E-state index in [1.807, 2.05) is 6.07 Å². The molecule has 1 heterocycles. The van der Waals surface area contributed by atoms with Gasteiger partial charge in [-0.1, -0.05) is 6.07 Å². The number of hydrogen-bond donors (Lipinski definition) is 0. The maximum Gasteiger partial charge on any atom is 0.231 e. The molecule has 0 radical (unpaired) electrons. The molecule has 0 atom stereocenters. The molecular formula is C20H21NO5. The quantitative estimate of drug-likeness (QED) is 0.825.